The molecule has 2 heterocycles. The number of rotatable bonds is 3. The van der Waals surface area contributed by atoms with Crippen molar-refractivity contribution in [2.45, 2.75) is 13.5 Å². The average Bonchev–Trinajstić information content (AvgIpc) is 2.83. The minimum absolute atomic E-state index is 0.144. The van der Waals surface area contributed by atoms with E-state index < -0.39 is 5.97 Å². The molecule has 2 rings (SSSR count). The number of aromatic amines is 1. The predicted molar refractivity (Wildman–Crippen MR) is 66.8 cm³/mol. The number of carbonyl (C=O) groups is 1. The lowest BCUT2D eigenvalue weighted by Crippen LogP contribution is -2.05. The zero-order valence-electron chi connectivity index (χ0n) is 8.79. The van der Waals surface area contributed by atoms with Gasteiger partial charge in [0.1, 0.15) is 22.5 Å². The first-order chi connectivity index (χ1) is 8.06. The molecule has 4 nitrogen and oxygen atoms in total. The lowest BCUT2D eigenvalue weighted by atomic mass is 10.4. The van der Waals surface area contributed by atoms with Crippen molar-refractivity contribution in [1.82, 2.24) is 9.97 Å². The van der Waals surface area contributed by atoms with Crippen molar-refractivity contribution >= 4 is 40.5 Å². The Hall–Kier alpha value is -1.04. The highest BCUT2D eigenvalue weighted by molar-refractivity contribution is 7.09. The fourth-order valence-electron chi connectivity index (χ4n) is 1.19. The first kappa shape index (κ1) is 12.4. The van der Waals surface area contributed by atoms with Gasteiger partial charge in [-0.3, -0.25) is 0 Å². The Labute approximate surface area is 112 Å². The largest absolute Gasteiger partial charge is 0.454 e. The molecule has 2 aromatic rings. The molecule has 0 atom stereocenters. The molecule has 17 heavy (non-hydrogen) atoms. The van der Waals surface area contributed by atoms with E-state index in [1.54, 1.807) is 0 Å². The van der Waals surface area contributed by atoms with Crippen LogP contribution in [0.3, 0.4) is 0 Å². The molecule has 0 unspecified atom stereocenters. The fraction of sp³-hybridized carbons (Fsp3) is 0.200. The Morgan fingerprint density at radius 1 is 1.59 bits per heavy atom. The number of ether oxygens (including phenoxy) is 1. The van der Waals surface area contributed by atoms with Gasteiger partial charge in [0, 0.05) is 11.1 Å². The van der Waals surface area contributed by atoms with E-state index in [1.165, 1.54) is 17.4 Å². The van der Waals surface area contributed by atoms with Crippen molar-refractivity contribution < 1.29 is 9.53 Å². The van der Waals surface area contributed by atoms with Gasteiger partial charge in [-0.1, -0.05) is 23.2 Å². The number of carbonyl (C=O) groups excluding carboxylic acids is 1. The molecular weight excluding hydrogens is 283 g/mol. The van der Waals surface area contributed by atoms with Gasteiger partial charge in [0.2, 0.25) is 0 Å². The fourth-order valence-corrected chi connectivity index (χ4v) is 2.18. The number of thiazole rings is 1. The van der Waals surface area contributed by atoms with Crippen molar-refractivity contribution in [3.8, 4) is 0 Å². The van der Waals surface area contributed by atoms with E-state index in [4.69, 9.17) is 27.9 Å². The highest BCUT2D eigenvalue weighted by atomic mass is 35.5. The van der Waals surface area contributed by atoms with E-state index in [2.05, 4.69) is 9.97 Å². The number of halogens is 2. The number of nitrogens with zero attached hydrogens (tertiary/aromatic N) is 1. The van der Waals surface area contributed by atoms with E-state index in [-0.39, 0.29) is 17.5 Å². The maximum atomic E-state index is 11.6. The number of aryl methyl sites for hydroxylation is 1. The molecule has 0 radical (unpaired) electrons. The van der Waals surface area contributed by atoms with Crippen LogP contribution in [0, 0.1) is 6.92 Å². The highest BCUT2D eigenvalue weighted by Gasteiger charge is 2.13. The number of esters is 1. The van der Waals surface area contributed by atoms with Crippen molar-refractivity contribution in [2.75, 3.05) is 0 Å². The molecule has 7 heteroatoms. The molecule has 0 saturated heterocycles. The molecule has 0 aliphatic carbocycles. The van der Waals surface area contributed by atoms with Crippen molar-refractivity contribution in [1.29, 1.82) is 0 Å². The lowest BCUT2D eigenvalue weighted by Gasteiger charge is -1.99. The maximum absolute atomic E-state index is 11.6. The summed E-state index contributed by atoms with van der Waals surface area (Å²) in [7, 11) is 0. The van der Waals surface area contributed by atoms with Crippen molar-refractivity contribution in [2.24, 2.45) is 0 Å². The van der Waals surface area contributed by atoms with Gasteiger partial charge in [-0.05, 0) is 13.0 Å². The van der Waals surface area contributed by atoms with Crippen LogP contribution in [-0.4, -0.2) is 15.9 Å². The summed E-state index contributed by atoms with van der Waals surface area (Å²) in [6.07, 6.45) is 0. The van der Waals surface area contributed by atoms with E-state index >= 15 is 0 Å². The smallest absolute Gasteiger partial charge is 0.355 e. The molecular formula is C10H8Cl2N2O2S. The Bertz CT molecular complexity index is 531. The molecule has 0 amide bonds. The van der Waals surface area contributed by atoms with Crippen LogP contribution in [0.4, 0.5) is 0 Å². The molecule has 0 aliphatic heterocycles. The monoisotopic (exact) mass is 290 g/mol. The van der Waals surface area contributed by atoms with Gasteiger partial charge in [-0.25, -0.2) is 9.78 Å². The van der Waals surface area contributed by atoms with Crippen molar-refractivity contribution in [3.63, 3.8) is 0 Å². The standard InChI is InChI=1S/C10H8Cl2N2O2S/c1-5-4-17-8(13-5)3-16-10(15)7-2-6(11)9(12)14-7/h2,4,14H,3H2,1H3. The summed E-state index contributed by atoms with van der Waals surface area (Å²) in [5.41, 5.74) is 1.14. The first-order valence-electron chi connectivity index (χ1n) is 4.68. The summed E-state index contributed by atoms with van der Waals surface area (Å²) in [5, 5.41) is 3.16. The van der Waals surface area contributed by atoms with Crippen LogP contribution >= 0.6 is 34.5 Å². The van der Waals surface area contributed by atoms with Gasteiger partial charge in [0.05, 0.1) is 5.02 Å². The summed E-state index contributed by atoms with van der Waals surface area (Å²) >= 11 is 12.8. The Balaban J connectivity index is 1.98. The van der Waals surface area contributed by atoms with E-state index in [0.29, 0.717) is 5.02 Å². The number of aromatic nitrogens is 2. The molecule has 0 aromatic carbocycles. The molecule has 90 valence electrons. The highest BCUT2D eigenvalue weighted by Crippen LogP contribution is 2.22. The predicted octanol–water partition coefficient (Wildman–Crippen LogP) is 3.44. The second-order valence-corrected chi connectivity index (χ2v) is 5.03. The molecule has 0 aliphatic rings. The molecule has 0 saturated carbocycles. The van der Waals surface area contributed by atoms with Crippen LogP contribution in [-0.2, 0) is 11.3 Å². The van der Waals surface area contributed by atoms with Crippen LogP contribution in [0.1, 0.15) is 21.2 Å². The third kappa shape index (κ3) is 3.00. The molecule has 0 spiro atoms. The third-order valence-corrected chi connectivity index (χ3v) is 3.57. The average molecular weight is 291 g/mol. The second kappa shape index (κ2) is 5.08. The van der Waals surface area contributed by atoms with E-state index in [0.717, 1.165) is 10.7 Å². The van der Waals surface area contributed by atoms with Gasteiger partial charge in [-0.2, -0.15) is 0 Å². The number of H-pyrrole nitrogens is 1. The van der Waals surface area contributed by atoms with Crippen molar-refractivity contribution in [3.05, 3.63) is 38.0 Å². The van der Waals surface area contributed by atoms with E-state index in [1.807, 2.05) is 12.3 Å². The molecule has 2 aromatic heterocycles. The number of hydrogen-bond acceptors (Lipinski definition) is 4. The summed E-state index contributed by atoms with van der Waals surface area (Å²) < 4.78 is 5.06. The van der Waals surface area contributed by atoms with Gasteiger partial charge >= 0.3 is 5.97 Å². The topological polar surface area (TPSA) is 55.0 Å². The third-order valence-electron chi connectivity index (χ3n) is 1.94. The zero-order chi connectivity index (χ0) is 12.4. The van der Waals surface area contributed by atoms with E-state index in [9.17, 15) is 4.79 Å². The normalized spacial score (nSPS) is 10.5. The molecule has 1 N–H and O–H groups in total. The van der Waals surface area contributed by atoms with Gasteiger partial charge in [0.15, 0.2) is 0 Å². The van der Waals surface area contributed by atoms with Crippen LogP contribution in [0.5, 0.6) is 0 Å². The van der Waals surface area contributed by atoms with Crippen LogP contribution < -0.4 is 0 Å². The Morgan fingerprint density at radius 3 is 2.88 bits per heavy atom. The van der Waals surface area contributed by atoms with Crippen LogP contribution in [0.25, 0.3) is 0 Å². The zero-order valence-corrected chi connectivity index (χ0v) is 11.1. The Kier molecular flexibility index (Phi) is 3.71. The summed E-state index contributed by atoms with van der Waals surface area (Å²) in [6.45, 7) is 2.03. The molecule has 0 bridgehead atoms. The minimum atomic E-state index is -0.508. The van der Waals surface area contributed by atoms with Gasteiger partial charge in [-0.15, -0.1) is 11.3 Å². The first-order valence-corrected chi connectivity index (χ1v) is 6.32. The maximum Gasteiger partial charge on any atom is 0.355 e. The second-order valence-electron chi connectivity index (χ2n) is 3.30. The Morgan fingerprint density at radius 2 is 2.35 bits per heavy atom. The lowest BCUT2D eigenvalue weighted by molar-refractivity contribution is 0.0466. The quantitative estimate of drug-likeness (QED) is 0.881. The summed E-state index contributed by atoms with van der Waals surface area (Å²) in [4.78, 5) is 18.4. The van der Waals surface area contributed by atoms with Gasteiger partial charge < -0.3 is 9.72 Å². The van der Waals surface area contributed by atoms with Crippen LogP contribution in [0.15, 0.2) is 11.4 Å². The summed E-state index contributed by atoms with van der Waals surface area (Å²) in [6, 6.07) is 1.43. The van der Waals surface area contributed by atoms with Crippen LogP contribution in [0.2, 0.25) is 10.2 Å². The number of hydrogen-bond donors (Lipinski definition) is 1. The summed E-state index contributed by atoms with van der Waals surface area (Å²) in [5.74, 6) is -0.508. The number of nitrogens with one attached hydrogen (secondary N) is 1. The SMILES string of the molecule is Cc1csc(COC(=O)c2cc(Cl)c(Cl)[nH]2)n1. The van der Waals surface area contributed by atoms with Gasteiger partial charge in [0.25, 0.3) is 0 Å². The molecule has 0 fully saturated rings. The minimum Gasteiger partial charge on any atom is -0.454 e.